The summed E-state index contributed by atoms with van der Waals surface area (Å²) in [6.45, 7) is 1.73. The maximum Gasteiger partial charge on any atom is 0.237 e. The number of halogens is 1. The van der Waals surface area contributed by atoms with Crippen molar-refractivity contribution >= 4 is 18.3 Å². The summed E-state index contributed by atoms with van der Waals surface area (Å²) in [5.41, 5.74) is 1.02. The number of benzene rings is 1. The molecule has 0 unspecified atom stereocenters. The lowest BCUT2D eigenvalue weighted by Gasteiger charge is -2.22. The number of ether oxygens (including phenoxy) is 2. The van der Waals surface area contributed by atoms with Crippen LogP contribution in [0.25, 0.3) is 0 Å². The highest BCUT2D eigenvalue weighted by atomic mass is 35.5. The number of carbonyl (C=O) groups excluding carboxylic acids is 1. The average Bonchev–Trinajstić information content (AvgIpc) is 2.93. The molecule has 1 fully saturated rings. The molecule has 2 aliphatic rings. The number of hydrogen-bond donors (Lipinski definition) is 2. The Bertz CT molecular complexity index is 475. The van der Waals surface area contributed by atoms with Gasteiger partial charge >= 0.3 is 0 Å². The van der Waals surface area contributed by atoms with E-state index in [1.165, 1.54) is 0 Å². The summed E-state index contributed by atoms with van der Waals surface area (Å²) >= 11 is 0. The first-order valence-electron chi connectivity index (χ1n) is 6.72. The van der Waals surface area contributed by atoms with Gasteiger partial charge in [-0.05, 0) is 37.1 Å². The van der Waals surface area contributed by atoms with Crippen LogP contribution in [0.5, 0.6) is 11.5 Å². The molecule has 0 radical (unpaired) electrons. The molecule has 0 aliphatic carbocycles. The van der Waals surface area contributed by atoms with Crippen LogP contribution in [-0.4, -0.2) is 25.3 Å². The highest BCUT2D eigenvalue weighted by Crippen LogP contribution is 2.32. The molecule has 5 nitrogen and oxygen atoms in total. The maximum absolute atomic E-state index is 12.0. The molecule has 1 saturated heterocycles. The lowest BCUT2D eigenvalue weighted by molar-refractivity contribution is -0.123. The number of rotatable bonds is 3. The number of amides is 1. The van der Waals surface area contributed by atoms with Gasteiger partial charge < -0.3 is 20.1 Å². The summed E-state index contributed by atoms with van der Waals surface area (Å²) in [6, 6.07) is 5.70. The molecule has 3 rings (SSSR count). The first-order chi connectivity index (χ1) is 9.33. The smallest absolute Gasteiger partial charge is 0.237 e. The van der Waals surface area contributed by atoms with Gasteiger partial charge in [0.2, 0.25) is 12.7 Å². The topological polar surface area (TPSA) is 59.6 Å². The van der Waals surface area contributed by atoms with Gasteiger partial charge in [-0.2, -0.15) is 0 Å². The molecule has 20 heavy (non-hydrogen) atoms. The summed E-state index contributed by atoms with van der Waals surface area (Å²) in [6.07, 6.45) is 3.20. The molecule has 2 N–H and O–H groups in total. The Balaban J connectivity index is 0.00000147. The van der Waals surface area contributed by atoms with Gasteiger partial charge in [0.1, 0.15) is 0 Å². The van der Waals surface area contributed by atoms with E-state index in [2.05, 4.69) is 10.6 Å². The van der Waals surface area contributed by atoms with Gasteiger partial charge in [0, 0.05) is 6.54 Å². The van der Waals surface area contributed by atoms with Gasteiger partial charge in [0.15, 0.2) is 11.5 Å². The van der Waals surface area contributed by atoms with E-state index in [0.29, 0.717) is 6.54 Å². The van der Waals surface area contributed by atoms with Crippen molar-refractivity contribution in [2.75, 3.05) is 13.3 Å². The maximum atomic E-state index is 12.0. The van der Waals surface area contributed by atoms with E-state index in [9.17, 15) is 4.79 Å². The van der Waals surface area contributed by atoms with E-state index in [1.807, 2.05) is 18.2 Å². The molecule has 110 valence electrons. The van der Waals surface area contributed by atoms with Crippen LogP contribution < -0.4 is 20.1 Å². The molecule has 1 aromatic carbocycles. The van der Waals surface area contributed by atoms with Gasteiger partial charge in [-0.3, -0.25) is 4.79 Å². The molecular weight excluding hydrogens is 280 g/mol. The number of piperidine rings is 1. The number of nitrogens with one attached hydrogen (secondary N) is 2. The van der Waals surface area contributed by atoms with Gasteiger partial charge in [-0.1, -0.05) is 12.5 Å². The van der Waals surface area contributed by atoms with Crippen LogP contribution in [0.4, 0.5) is 0 Å². The first-order valence-corrected chi connectivity index (χ1v) is 6.72. The van der Waals surface area contributed by atoms with Gasteiger partial charge in [0.25, 0.3) is 0 Å². The van der Waals surface area contributed by atoms with E-state index in [-0.39, 0.29) is 31.1 Å². The van der Waals surface area contributed by atoms with Crippen LogP contribution in [-0.2, 0) is 11.3 Å². The molecule has 2 aliphatic heterocycles. The summed E-state index contributed by atoms with van der Waals surface area (Å²) < 4.78 is 10.6. The molecule has 0 spiro atoms. The minimum Gasteiger partial charge on any atom is -0.454 e. The third kappa shape index (κ3) is 3.35. The minimum atomic E-state index is -0.0391. The molecule has 1 aromatic rings. The van der Waals surface area contributed by atoms with Crippen LogP contribution in [0.3, 0.4) is 0 Å². The zero-order valence-electron chi connectivity index (χ0n) is 11.2. The molecule has 0 bridgehead atoms. The lowest BCUT2D eigenvalue weighted by atomic mass is 10.0. The summed E-state index contributed by atoms with van der Waals surface area (Å²) in [4.78, 5) is 12.0. The monoisotopic (exact) mass is 298 g/mol. The highest BCUT2D eigenvalue weighted by molar-refractivity contribution is 5.85. The molecule has 2 heterocycles. The van der Waals surface area contributed by atoms with Gasteiger partial charge in [0.05, 0.1) is 6.04 Å². The second kappa shape index (κ2) is 6.81. The third-order valence-electron chi connectivity index (χ3n) is 3.53. The van der Waals surface area contributed by atoms with Crippen molar-refractivity contribution in [2.45, 2.75) is 31.8 Å². The standard InChI is InChI=1S/C14H18N2O3.ClH/c17-14(11-3-1-2-6-15-11)16-8-10-4-5-12-13(7-10)19-9-18-12;/h4-5,7,11,15H,1-3,6,8-9H2,(H,16,17);1H/t11-;/m1./s1. The number of fused-ring (bicyclic) bond motifs is 1. The normalized spacial score (nSPS) is 20.1. The van der Waals surface area contributed by atoms with Crippen LogP contribution in [0.15, 0.2) is 18.2 Å². The van der Waals surface area contributed by atoms with E-state index >= 15 is 0 Å². The van der Waals surface area contributed by atoms with Crippen molar-refractivity contribution in [1.82, 2.24) is 10.6 Å². The van der Waals surface area contributed by atoms with E-state index in [4.69, 9.17) is 9.47 Å². The third-order valence-corrected chi connectivity index (χ3v) is 3.53. The zero-order chi connectivity index (χ0) is 13.1. The quantitative estimate of drug-likeness (QED) is 0.890. The lowest BCUT2D eigenvalue weighted by Crippen LogP contribution is -2.46. The number of hydrogen-bond acceptors (Lipinski definition) is 4. The predicted molar refractivity (Wildman–Crippen MR) is 77.3 cm³/mol. The van der Waals surface area contributed by atoms with E-state index in [0.717, 1.165) is 42.9 Å². The van der Waals surface area contributed by atoms with Gasteiger partial charge in [-0.15, -0.1) is 12.4 Å². The van der Waals surface area contributed by atoms with Crippen molar-refractivity contribution in [2.24, 2.45) is 0 Å². The fourth-order valence-corrected chi connectivity index (χ4v) is 2.44. The van der Waals surface area contributed by atoms with Crippen molar-refractivity contribution in [3.63, 3.8) is 0 Å². The highest BCUT2D eigenvalue weighted by Gasteiger charge is 2.20. The minimum absolute atomic E-state index is 0. The van der Waals surface area contributed by atoms with Crippen LogP contribution >= 0.6 is 12.4 Å². The molecule has 0 aromatic heterocycles. The largest absolute Gasteiger partial charge is 0.454 e. The van der Waals surface area contributed by atoms with Crippen molar-refractivity contribution < 1.29 is 14.3 Å². The van der Waals surface area contributed by atoms with Crippen molar-refractivity contribution in [3.05, 3.63) is 23.8 Å². The molecule has 6 heteroatoms. The van der Waals surface area contributed by atoms with Crippen LogP contribution in [0, 0.1) is 0 Å². The van der Waals surface area contributed by atoms with Crippen LogP contribution in [0.2, 0.25) is 0 Å². The molecular formula is C14H19ClN2O3. The van der Waals surface area contributed by atoms with Crippen molar-refractivity contribution in [1.29, 1.82) is 0 Å². The molecule has 1 amide bonds. The predicted octanol–water partition coefficient (Wildman–Crippen LogP) is 1.60. The molecule has 1 atom stereocenters. The Labute approximate surface area is 124 Å². The Morgan fingerprint density at radius 1 is 1.30 bits per heavy atom. The van der Waals surface area contributed by atoms with Crippen LogP contribution in [0.1, 0.15) is 24.8 Å². The number of carbonyl (C=O) groups is 1. The van der Waals surface area contributed by atoms with E-state index < -0.39 is 0 Å². The Morgan fingerprint density at radius 3 is 2.95 bits per heavy atom. The fraction of sp³-hybridized carbons (Fsp3) is 0.500. The fourth-order valence-electron chi connectivity index (χ4n) is 2.44. The Kier molecular flexibility index (Phi) is 5.09. The van der Waals surface area contributed by atoms with Gasteiger partial charge in [-0.25, -0.2) is 0 Å². The SMILES string of the molecule is Cl.O=C(NCc1ccc2c(c1)OCO2)[C@H]1CCCCN1. The Morgan fingerprint density at radius 2 is 2.15 bits per heavy atom. The summed E-state index contributed by atoms with van der Waals surface area (Å²) in [5, 5.41) is 6.20. The molecule has 0 saturated carbocycles. The second-order valence-corrected chi connectivity index (χ2v) is 4.91. The van der Waals surface area contributed by atoms with Crippen molar-refractivity contribution in [3.8, 4) is 11.5 Å². The summed E-state index contributed by atoms with van der Waals surface area (Å²) in [7, 11) is 0. The average molecular weight is 299 g/mol. The second-order valence-electron chi connectivity index (χ2n) is 4.91. The summed E-state index contributed by atoms with van der Waals surface area (Å²) in [5.74, 6) is 1.60. The zero-order valence-corrected chi connectivity index (χ0v) is 12.0. The van der Waals surface area contributed by atoms with E-state index in [1.54, 1.807) is 0 Å². The Hall–Kier alpha value is -1.46. The first kappa shape index (κ1) is 14.9.